The Bertz CT molecular complexity index is 871. The molecule has 3 rings (SSSR count). The maximum Gasteiger partial charge on any atom is 0.242 e. The van der Waals surface area contributed by atoms with Crippen LogP contribution >= 0.6 is 0 Å². The van der Waals surface area contributed by atoms with Gasteiger partial charge in [-0.2, -0.15) is 4.98 Å². The Morgan fingerprint density at radius 1 is 1.50 bits per heavy atom. The van der Waals surface area contributed by atoms with Gasteiger partial charge in [-0.15, -0.1) is 0 Å². The van der Waals surface area contributed by atoms with Gasteiger partial charge in [0.25, 0.3) is 0 Å². The molecule has 8 heteroatoms. The molecule has 1 aliphatic rings. The summed E-state index contributed by atoms with van der Waals surface area (Å²) >= 11 is 0. The minimum Gasteiger partial charge on any atom is -0.378 e. The topological polar surface area (TPSA) is 108 Å². The summed E-state index contributed by atoms with van der Waals surface area (Å²) in [5.41, 5.74) is 1.37. The Kier molecular flexibility index (Phi) is 6.28. The first-order valence-electron chi connectivity index (χ1n) is 9.85. The van der Waals surface area contributed by atoms with Gasteiger partial charge in [-0.05, 0) is 24.3 Å². The van der Waals surface area contributed by atoms with Crippen molar-refractivity contribution in [1.29, 1.82) is 5.41 Å². The van der Waals surface area contributed by atoms with Gasteiger partial charge in [0.1, 0.15) is 11.7 Å². The number of anilines is 1. The lowest BCUT2D eigenvalue weighted by Crippen LogP contribution is -2.33. The number of rotatable bonds is 9. The molecule has 8 nitrogen and oxygen atoms in total. The minimum absolute atomic E-state index is 0.0216. The van der Waals surface area contributed by atoms with Crippen LogP contribution in [0, 0.1) is 17.2 Å². The molecule has 1 aliphatic heterocycles. The van der Waals surface area contributed by atoms with Gasteiger partial charge in [0, 0.05) is 43.3 Å². The molecule has 2 aromatic rings. The molecule has 0 saturated carbocycles. The highest BCUT2D eigenvalue weighted by atomic mass is 16.2. The van der Waals surface area contributed by atoms with E-state index in [2.05, 4.69) is 57.5 Å². The Morgan fingerprint density at radius 3 is 2.96 bits per heavy atom. The molecule has 1 amide bonds. The fourth-order valence-electron chi connectivity index (χ4n) is 3.43. The Labute approximate surface area is 165 Å². The Morgan fingerprint density at radius 2 is 2.32 bits per heavy atom. The summed E-state index contributed by atoms with van der Waals surface area (Å²) in [6.07, 6.45) is 8.50. The van der Waals surface area contributed by atoms with Crippen molar-refractivity contribution in [3.63, 3.8) is 0 Å². The van der Waals surface area contributed by atoms with Crippen LogP contribution in [0.4, 0.5) is 5.95 Å². The van der Waals surface area contributed by atoms with Crippen molar-refractivity contribution in [2.75, 3.05) is 11.9 Å². The summed E-state index contributed by atoms with van der Waals surface area (Å²) < 4.78 is 2.17. The number of hydrogen-bond donors (Lipinski definition) is 4. The van der Waals surface area contributed by atoms with Crippen molar-refractivity contribution >= 4 is 29.1 Å². The molecule has 0 radical (unpaired) electrons. The van der Waals surface area contributed by atoms with Crippen LogP contribution in [-0.2, 0) is 11.3 Å². The third kappa shape index (κ3) is 4.49. The van der Waals surface area contributed by atoms with Crippen molar-refractivity contribution in [2.45, 2.75) is 46.2 Å². The Hall–Kier alpha value is -2.90. The Balaban J connectivity index is 1.76. The molecule has 2 aromatic heterocycles. The first kappa shape index (κ1) is 19.9. The first-order valence-corrected chi connectivity index (χ1v) is 9.85. The van der Waals surface area contributed by atoms with E-state index in [1.807, 2.05) is 6.07 Å². The summed E-state index contributed by atoms with van der Waals surface area (Å²) in [6, 6.07) is 1.76. The monoisotopic (exact) mass is 383 g/mol. The van der Waals surface area contributed by atoms with E-state index >= 15 is 0 Å². The van der Waals surface area contributed by atoms with Crippen LogP contribution in [0.2, 0.25) is 0 Å². The van der Waals surface area contributed by atoms with Crippen molar-refractivity contribution < 1.29 is 4.79 Å². The van der Waals surface area contributed by atoms with Gasteiger partial charge in [0.15, 0.2) is 0 Å². The van der Waals surface area contributed by atoms with E-state index in [-0.39, 0.29) is 11.9 Å². The summed E-state index contributed by atoms with van der Waals surface area (Å²) in [4.78, 5) is 20.6. The highest BCUT2D eigenvalue weighted by molar-refractivity contribution is 5.84. The standard InChI is InChI=1S/C20H29N7O/c1-4-14(13(2)3)12-27-8-6-15-10-24-20(26-18(15)27)25-16(9-21)11-23-17-5-7-22-19(17)28/h6,8-11,13-14,17,21,23H,4-5,7,12H2,1-3H3,(H,22,28)(H,24,25,26)/b16-11+,21-9?/t14-,17?/m0/s1. The highest BCUT2D eigenvalue weighted by Gasteiger charge is 2.22. The van der Waals surface area contributed by atoms with Gasteiger partial charge >= 0.3 is 0 Å². The lowest BCUT2D eigenvalue weighted by molar-refractivity contribution is -0.120. The molecule has 2 atom stereocenters. The van der Waals surface area contributed by atoms with Gasteiger partial charge in [0.05, 0.1) is 5.70 Å². The number of allylic oxidation sites excluding steroid dienone is 1. The number of amides is 1. The number of fused-ring (bicyclic) bond motifs is 1. The molecule has 3 heterocycles. The van der Waals surface area contributed by atoms with Crippen LogP contribution < -0.4 is 16.0 Å². The van der Waals surface area contributed by atoms with Gasteiger partial charge in [-0.25, -0.2) is 4.98 Å². The van der Waals surface area contributed by atoms with E-state index in [0.717, 1.165) is 30.4 Å². The lowest BCUT2D eigenvalue weighted by atomic mass is 9.93. The minimum atomic E-state index is -0.264. The zero-order valence-electron chi connectivity index (χ0n) is 16.7. The van der Waals surface area contributed by atoms with Crippen molar-refractivity contribution in [2.24, 2.45) is 11.8 Å². The molecule has 1 fully saturated rings. The van der Waals surface area contributed by atoms with E-state index in [9.17, 15) is 4.79 Å². The van der Waals surface area contributed by atoms with E-state index < -0.39 is 0 Å². The molecular formula is C20H29N7O. The SMILES string of the molecule is CC[C@@H](Cn1ccc2cnc(N/C(C=N)=C/NC3CCNC3=O)nc21)C(C)C. The molecule has 0 spiro atoms. The van der Waals surface area contributed by atoms with Crippen LogP contribution in [0.5, 0.6) is 0 Å². The highest BCUT2D eigenvalue weighted by Crippen LogP contribution is 2.21. The smallest absolute Gasteiger partial charge is 0.242 e. The predicted octanol–water partition coefficient (Wildman–Crippen LogP) is 2.49. The molecule has 0 aromatic carbocycles. The van der Waals surface area contributed by atoms with Gasteiger partial charge in [-0.1, -0.05) is 27.2 Å². The second kappa shape index (κ2) is 8.86. The van der Waals surface area contributed by atoms with E-state index in [0.29, 0.717) is 30.0 Å². The number of nitrogens with zero attached hydrogens (tertiary/aromatic N) is 3. The largest absolute Gasteiger partial charge is 0.378 e. The number of nitrogens with one attached hydrogen (secondary N) is 4. The fourth-order valence-corrected chi connectivity index (χ4v) is 3.43. The van der Waals surface area contributed by atoms with Crippen molar-refractivity contribution in [3.8, 4) is 0 Å². The second-order valence-electron chi connectivity index (χ2n) is 7.52. The van der Waals surface area contributed by atoms with E-state index in [1.165, 1.54) is 6.21 Å². The zero-order valence-corrected chi connectivity index (χ0v) is 16.7. The summed E-state index contributed by atoms with van der Waals surface area (Å²) in [7, 11) is 0. The molecule has 1 unspecified atom stereocenters. The number of hydrogen-bond acceptors (Lipinski definition) is 6. The maximum absolute atomic E-state index is 11.6. The van der Waals surface area contributed by atoms with Crippen LogP contribution in [-0.4, -0.2) is 39.2 Å². The van der Waals surface area contributed by atoms with E-state index in [1.54, 1.807) is 12.4 Å². The van der Waals surface area contributed by atoms with Gasteiger partial charge in [-0.3, -0.25) is 4.79 Å². The molecule has 0 aliphatic carbocycles. The number of aromatic nitrogens is 3. The third-order valence-electron chi connectivity index (χ3n) is 5.30. The molecule has 0 bridgehead atoms. The zero-order chi connectivity index (χ0) is 20.1. The van der Waals surface area contributed by atoms with Crippen LogP contribution in [0.25, 0.3) is 11.0 Å². The normalized spacial score (nSPS) is 18.4. The maximum atomic E-state index is 11.6. The lowest BCUT2D eigenvalue weighted by Gasteiger charge is -2.20. The summed E-state index contributed by atoms with van der Waals surface area (Å²) in [5, 5.41) is 17.5. The van der Waals surface area contributed by atoms with E-state index in [4.69, 9.17) is 5.41 Å². The average Bonchev–Trinajstić information content (AvgIpc) is 3.28. The molecular weight excluding hydrogens is 354 g/mol. The second-order valence-corrected chi connectivity index (χ2v) is 7.52. The number of carbonyl (C=O) groups is 1. The van der Waals surface area contributed by atoms with Gasteiger partial charge in [0.2, 0.25) is 11.9 Å². The average molecular weight is 384 g/mol. The molecule has 1 saturated heterocycles. The summed E-state index contributed by atoms with van der Waals surface area (Å²) in [6.45, 7) is 8.31. The fraction of sp³-hybridized carbons (Fsp3) is 0.500. The predicted molar refractivity (Wildman–Crippen MR) is 111 cm³/mol. The van der Waals surface area contributed by atoms with Crippen molar-refractivity contribution in [3.05, 3.63) is 30.4 Å². The summed E-state index contributed by atoms with van der Waals surface area (Å²) in [5.74, 6) is 1.60. The molecule has 150 valence electrons. The number of carbonyl (C=O) groups excluding carboxylic acids is 1. The van der Waals surface area contributed by atoms with Gasteiger partial charge < -0.3 is 25.9 Å². The first-order chi connectivity index (χ1) is 13.5. The molecule has 4 N–H and O–H groups in total. The quantitative estimate of drug-likeness (QED) is 0.498. The van der Waals surface area contributed by atoms with Crippen molar-refractivity contribution in [1.82, 2.24) is 25.2 Å². The van der Waals surface area contributed by atoms with Crippen LogP contribution in [0.3, 0.4) is 0 Å². The molecule has 28 heavy (non-hydrogen) atoms. The van der Waals surface area contributed by atoms with Crippen LogP contribution in [0.15, 0.2) is 30.4 Å². The van der Waals surface area contributed by atoms with Crippen LogP contribution in [0.1, 0.15) is 33.6 Å². The third-order valence-corrected chi connectivity index (χ3v) is 5.30.